The van der Waals surface area contributed by atoms with Crippen LogP contribution in [0.4, 0.5) is 0 Å². The van der Waals surface area contributed by atoms with E-state index in [-0.39, 0.29) is 29.8 Å². The van der Waals surface area contributed by atoms with Crippen LogP contribution in [0.5, 0.6) is 0 Å². The van der Waals surface area contributed by atoms with Gasteiger partial charge in [-0.25, -0.2) is 8.42 Å². The summed E-state index contributed by atoms with van der Waals surface area (Å²) in [5, 5.41) is 15.0. The van der Waals surface area contributed by atoms with E-state index in [9.17, 15) is 18.3 Å². The number of rotatable bonds is 15. The SMILES string of the molecule is CCOCCC1(C(=O)N[C@@](C)(c2ccccc2)[C@H](O)CN(CC(C)CN)S(=O)(=O)c2ccccc2)CCCC1. The highest BCUT2D eigenvalue weighted by atomic mass is 32.2. The first kappa shape index (κ1) is 31.2. The molecule has 216 valence electrons. The lowest BCUT2D eigenvalue weighted by atomic mass is 9.79. The van der Waals surface area contributed by atoms with Gasteiger partial charge in [0.15, 0.2) is 0 Å². The van der Waals surface area contributed by atoms with Crippen LogP contribution >= 0.6 is 0 Å². The van der Waals surface area contributed by atoms with Crippen LogP contribution in [0.1, 0.15) is 58.4 Å². The molecule has 3 rings (SSSR count). The Labute approximate surface area is 234 Å². The van der Waals surface area contributed by atoms with Gasteiger partial charge < -0.3 is 20.9 Å². The molecule has 0 spiro atoms. The van der Waals surface area contributed by atoms with E-state index in [4.69, 9.17) is 10.5 Å². The van der Waals surface area contributed by atoms with Gasteiger partial charge in [-0.1, -0.05) is 68.3 Å². The van der Waals surface area contributed by atoms with E-state index in [1.165, 1.54) is 4.31 Å². The largest absolute Gasteiger partial charge is 0.389 e. The molecule has 1 aliphatic rings. The van der Waals surface area contributed by atoms with Crippen molar-refractivity contribution in [1.29, 1.82) is 0 Å². The molecule has 39 heavy (non-hydrogen) atoms. The number of nitrogens with zero attached hydrogens (tertiary/aromatic N) is 1. The van der Waals surface area contributed by atoms with E-state index in [1.54, 1.807) is 37.3 Å². The quantitative estimate of drug-likeness (QED) is 0.286. The molecule has 1 aliphatic carbocycles. The van der Waals surface area contributed by atoms with E-state index >= 15 is 0 Å². The zero-order chi connectivity index (χ0) is 28.5. The Morgan fingerprint density at radius 1 is 1.10 bits per heavy atom. The van der Waals surface area contributed by atoms with Crippen LogP contribution < -0.4 is 11.1 Å². The number of hydrogen-bond acceptors (Lipinski definition) is 6. The number of aliphatic hydroxyl groups is 1. The van der Waals surface area contributed by atoms with Crippen molar-refractivity contribution in [3.8, 4) is 0 Å². The summed E-state index contributed by atoms with van der Waals surface area (Å²) in [6.45, 7) is 6.90. The van der Waals surface area contributed by atoms with Gasteiger partial charge in [0.1, 0.15) is 0 Å². The molecule has 2 aromatic rings. The topological polar surface area (TPSA) is 122 Å². The maximum atomic E-state index is 14.0. The fraction of sp³-hybridized carbons (Fsp3) is 0.567. The van der Waals surface area contributed by atoms with Crippen LogP contribution in [0, 0.1) is 11.3 Å². The molecule has 0 saturated heterocycles. The Bertz CT molecular complexity index is 1140. The Morgan fingerprint density at radius 2 is 1.69 bits per heavy atom. The van der Waals surface area contributed by atoms with Crippen molar-refractivity contribution in [2.45, 2.75) is 69.4 Å². The zero-order valence-electron chi connectivity index (χ0n) is 23.5. The van der Waals surface area contributed by atoms with Crippen LogP contribution in [-0.4, -0.2) is 62.7 Å². The fourth-order valence-corrected chi connectivity index (χ4v) is 6.95. The van der Waals surface area contributed by atoms with Crippen LogP contribution in [0.2, 0.25) is 0 Å². The number of amides is 1. The van der Waals surface area contributed by atoms with E-state index in [0.29, 0.717) is 31.7 Å². The zero-order valence-corrected chi connectivity index (χ0v) is 24.3. The number of nitrogens with one attached hydrogen (secondary N) is 1. The van der Waals surface area contributed by atoms with Crippen LogP contribution in [0.15, 0.2) is 65.6 Å². The Balaban J connectivity index is 1.96. The number of aliphatic hydroxyl groups excluding tert-OH is 1. The van der Waals surface area contributed by atoms with Crippen molar-refractivity contribution >= 4 is 15.9 Å². The minimum atomic E-state index is -3.93. The molecule has 8 nitrogen and oxygen atoms in total. The fourth-order valence-electron chi connectivity index (χ4n) is 5.36. The van der Waals surface area contributed by atoms with Crippen molar-refractivity contribution < 1.29 is 23.1 Å². The first-order valence-corrected chi connectivity index (χ1v) is 15.4. The second-order valence-corrected chi connectivity index (χ2v) is 12.9. The molecule has 3 atom stereocenters. The van der Waals surface area contributed by atoms with Gasteiger partial charge in [0.2, 0.25) is 15.9 Å². The molecule has 0 aromatic heterocycles. The summed E-state index contributed by atoms with van der Waals surface area (Å²) in [5.41, 5.74) is 4.75. The third kappa shape index (κ3) is 7.46. The Hall–Kier alpha value is -2.30. The third-order valence-electron chi connectivity index (χ3n) is 8.06. The number of ether oxygens (including phenoxy) is 1. The molecular weight excluding hydrogens is 514 g/mol. The van der Waals surface area contributed by atoms with Gasteiger partial charge in [-0.05, 0) is 63.3 Å². The standard InChI is InChI=1S/C30H45N3O5S/c1-4-38-20-19-30(17-11-12-18-30)28(35)32-29(3,25-13-7-5-8-14-25)27(34)23-33(22-24(2)21-31)39(36,37)26-15-9-6-10-16-26/h5-10,13-16,24,27,34H,4,11-12,17-23,31H2,1-3H3,(H,32,35)/t24?,27-,29+/m1/s1. The summed E-state index contributed by atoms with van der Waals surface area (Å²) in [6, 6.07) is 17.5. The number of benzene rings is 2. The van der Waals surface area contributed by atoms with Gasteiger partial charge in [-0.3, -0.25) is 4.79 Å². The van der Waals surface area contributed by atoms with Crippen molar-refractivity contribution in [1.82, 2.24) is 9.62 Å². The van der Waals surface area contributed by atoms with Gasteiger partial charge in [0.25, 0.3) is 0 Å². The maximum absolute atomic E-state index is 14.0. The second-order valence-electron chi connectivity index (χ2n) is 10.9. The van der Waals surface area contributed by atoms with Crippen LogP contribution in [-0.2, 0) is 25.1 Å². The number of hydrogen-bond donors (Lipinski definition) is 3. The summed E-state index contributed by atoms with van der Waals surface area (Å²) in [5.74, 6) is -0.258. The summed E-state index contributed by atoms with van der Waals surface area (Å²) in [7, 11) is -3.93. The monoisotopic (exact) mass is 559 g/mol. The molecule has 9 heteroatoms. The number of sulfonamides is 1. The minimum absolute atomic E-state index is 0.127. The van der Waals surface area contributed by atoms with Gasteiger partial charge in [-0.15, -0.1) is 0 Å². The number of carbonyl (C=O) groups excluding carboxylic acids is 1. The molecular formula is C30H45N3O5S. The summed E-state index contributed by atoms with van der Waals surface area (Å²) in [6.07, 6.45) is 2.81. The first-order chi connectivity index (χ1) is 18.6. The molecule has 2 aromatic carbocycles. The van der Waals surface area contributed by atoms with Crippen molar-refractivity contribution in [2.75, 3.05) is 32.8 Å². The molecule has 1 fully saturated rings. The predicted molar refractivity (Wildman–Crippen MR) is 153 cm³/mol. The average molecular weight is 560 g/mol. The smallest absolute Gasteiger partial charge is 0.243 e. The lowest BCUT2D eigenvalue weighted by Gasteiger charge is -2.41. The van der Waals surface area contributed by atoms with Gasteiger partial charge in [-0.2, -0.15) is 4.31 Å². The maximum Gasteiger partial charge on any atom is 0.243 e. The molecule has 0 bridgehead atoms. The third-order valence-corrected chi connectivity index (χ3v) is 9.91. The number of nitrogens with two attached hydrogens (primary N) is 1. The van der Waals surface area contributed by atoms with E-state index in [0.717, 1.165) is 25.7 Å². The molecule has 4 N–H and O–H groups in total. The van der Waals surface area contributed by atoms with Crippen molar-refractivity contribution in [2.24, 2.45) is 17.1 Å². The Morgan fingerprint density at radius 3 is 2.26 bits per heavy atom. The molecule has 1 amide bonds. The normalized spacial score (nSPS) is 18.4. The number of carbonyl (C=O) groups is 1. The lowest BCUT2D eigenvalue weighted by molar-refractivity contribution is -0.136. The van der Waals surface area contributed by atoms with Gasteiger partial charge in [0.05, 0.1) is 22.0 Å². The predicted octanol–water partition coefficient (Wildman–Crippen LogP) is 3.65. The molecule has 1 saturated carbocycles. The van der Waals surface area contributed by atoms with Crippen molar-refractivity contribution in [3.05, 3.63) is 66.2 Å². The molecule has 0 heterocycles. The molecule has 1 unspecified atom stereocenters. The first-order valence-electron chi connectivity index (χ1n) is 14.0. The summed E-state index contributed by atoms with van der Waals surface area (Å²) >= 11 is 0. The van der Waals surface area contributed by atoms with E-state index in [2.05, 4.69) is 5.32 Å². The minimum Gasteiger partial charge on any atom is -0.389 e. The van der Waals surface area contributed by atoms with Gasteiger partial charge >= 0.3 is 0 Å². The van der Waals surface area contributed by atoms with E-state index in [1.807, 2.05) is 44.2 Å². The average Bonchev–Trinajstić information content (AvgIpc) is 3.43. The second kappa shape index (κ2) is 13.9. The molecule has 0 aliphatic heterocycles. The van der Waals surface area contributed by atoms with Crippen LogP contribution in [0.25, 0.3) is 0 Å². The highest BCUT2D eigenvalue weighted by Crippen LogP contribution is 2.42. The summed E-state index contributed by atoms with van der Waals surface area (Å²) in [4.78, 5) is 14.1. The van der Waals surface area contributed by atoms with Gasteiger partial charge in [0, 0.05) is 26.3 Å². The highest BCUT2D eigenvalue weighted by molar-refractivity contribution is 7.89. The summed E-state index contributed by atoms with van der Waals surface area (Å²) < 4.78 is 34.3. The Kier molecular flexibility index (Phi) is 11.1. The van der Waals surface area contributed by atoms with E-state index < -0.39 is 27.1 Å². The lowest BCUT2D eigenvalue weighted by Crippen LogP contribution is -2.59. The molecule has 0 radical (unpaired) electrons. The highest BCUT2D eigenvalue weighted by Gasteiger charge is 2.46. The van der Waals surface area contributed by atoms with Crippen LogP contribution in [0.3, 0.4) is 0 Å². The van der Waals surface area contributed by atoms with Crippen molar-refractivity contribution in [3.63, 3.8) is 0 Å².